The summed E-state index contributed by atoms with van der Waals surface area (Å²) in [6.45, 7) is 5.10. The molecule has 2 aromatic rings. The van der Waals surface area contributed by atoms with Crippen molar-refractivity contribution in [2.45, 2.75) is 24.7 Å². The van der Waals surface area contributed by atoms with E-state index in [1.165, 1.54) is 29.0 Å². The molecule has 0 spiro atoms. The maximum atomic E-state index is 13.0. The predicted molar refractivity (Wildman–Crippen MR) is 123 cm³/mol. The fraction of sp³-hybridized carbons (Fsp3) is 0.417. The number of carbonyl (C=O) groups is 2. The molecule has 2 saturated heterocycles. The molecule has 2 fully saturated rings. The molecule has 2 aliphatic rings. The van der Waals surface area contributed by atoms with Crippen molar-refractivity contribution in [1.29, 1.82) is 0 Å². The molecule has 0 unspecified atom stereocenters. The van der Waals surface area contributed by atoms with E-state index in [-0.39, 0.29) is 22.5 Å². The number of hydrogen-bond acceptors (Lipinski definition) is 5. The summed E-state index contributed by atoms with van der Waals surface area (Å²) in [5.41, 5.74) is 1.66. The van der Waals surface area contributed by atoms with Crippen molar-refractivity contribution in [2.75, 3.05) is 44.2 Å². The van der Waals surface area contributed by atoms with Crippen LogP contribution in [0.15, 0.2) is 59.5 Å². The number of Topliss-reactive ketones (excluding diaryl/α,β-unsaturated/α-hetero) is 1. The molecular formula is C24H29N3O4S. The third kappa shape index (κ3) is 4.71. The Hall–Kier alpha value is -2.71. The highest BCUT2D eigenvalue weighted by molar-refractivity contribution is 7.89. The van der Waals surface area contributed by atoms with Gasteiger partial charge in [0.1, 0.15) is 0 Å². The lowest BCUT2D eigenvalue weighted by Gasteiger charge is -2.39. The number of rotatable bonds is 5. The van der Waals surface area contributed by atoms with E-state index in [1.54, 1.807) is 12.1 Å². The molecule has 0 aromatic heterocycles. The van der Waals surface area contributed by atoms with E-state index in [9.17, 15) is 18.0 Å². The highest BCUT2D eigenvalue weighted by Crippen LogP contribution is 2.26. The van der Waals surface area contributed by atoms with Crippen LogP contribution in [0.25, 0.3) is 0 Å². The average molecular weight is 456 g/mol. The van der Waals surface area contributed by atoms with Gasteiger partial charge in [0.05, 0.1) is 4.90 Å². The minimum atomic E-state index is -3.63. The second kappa shape index (κ2) is 9.42. The van der Waals surface area contributed by atoms with Crippen LogP contribution in [0.1, 0.15) is 30.1 Å². The lowest BCUT2D eigenvalue weighted by atomic mass is 9.96. The zero-order chi connectivity index (χ0) is 22.7. The van der Waals surface area contributed by atoms with Crippen molar-refractivity contribution in [2.24, 2.45) is 5.92 Å². The van der Waals surface area contributed by atoms with Crippen LogP contribution in [0, 0.1) is 5.92 Å². The number of benzene rings is 2. The molecule has 2 aromatic carbocycles. The Kier molecular flexibility index (Phi) is 6.62. The molecule has 32 heavy (non-hydrogen) atoms. The van der Waals surface area contributed by atoms with Crippen molar-refractivity contribution < 1.29 is 18.0 Å². The molecule has 2 aliphatic heterocycles. The Morgan fingerprint density at radius 2 is 1.41 bits per heavy atom. The first-order chi connectivity index (χ1) is 15.4. The van der Waals surface area contributed by atoms with Crippen molar-refractivity contribution in [3.8, 4) is 0 Å². The molecule has 0 saturated carbocycles. The molecule has 0 radical (unpaired) electrons. The normalized spacial score (nSPS) is 18.5. The maximum Gasteiger partial charge on any atom is 0.243 e. The number of nitrogens with zero attached hydrogens (tertiary/aromatic N) is 3. The van der Waals surface area contributed by atoms with Gasteiger partial charge in [-0.2, -0.15) is 4.31 Å². The molecule has 0 aliphatic carbocycles. The number of carbonyl (C=O) groups excluding carboxylic acids is 2. The fourth-order valence-corrected chi connectivity index (χ4v) is 5.91. The van der Waals surface area contributed by atoms with Crippen molar-refractivity contribution in [1.82, 2.24) is 9.21 Å². The van der Waals surface area contributed by atoms with E-state index in [1.807, 2.05) is 23.1 Å². The summed E-state index contributed by atoms with van der Waals surface area (Å²) < 4.78 is 27.4. The zero-order valence-electron chi connectivity index (χ0n) is 18.3. The van der Waals surface area contributed by atoms with E-state index < -0.39 is 10.0 Å². The monoisotopic (exact) mass is 455 g/mol. The van der Waals surface area contributed by atoms with Crippen LogP contribution in [0.3, 0.4) is 0 Å². The van der Waals surface area contributed by atoms with E-state index in [2.05, 4.69) is 17.0 Å². The van der Waals surface area contributed by atoms with Gasteiger partial charge in [0.2, 0.25) is 15.9 Å². The lowest BCUT2D eigenvalue weighted by Crippen LogP contribution is -2.52. The molecule has 2 heterocycles. The van der Waals surface area contributed by atoms with E-state index >= 15 is 0 Å². The third-order valence-electron chi connectivity index (χ3n) is 6.41. The minimum absolute atomic E-state index is 0.0992. The smallest absolute Gasteiger partial charge is 0.243 e. The summed E-state index contributed by atoms with van der Waals surface area (Å²) in [5.74, 6) is -0.0942. The number of anilines is 1. The summed E-state index contributed by atoms with van der Waals surface area (Å²) >= 11 is 0. The zero-order valence-corrected chi connectivity index (χ0v) is 19.1. The number of para-hydroxylation sites is 1. The number of amides is 1. The molecule has 1 amide bonds. The third-order valence-corrected chi connectivity index (χ3v) is 8.33. The van der Waals surface area contributed by atoms with Gasteiger partial charge in [-0.25, -0.2) is 8.42 Å². The molecule has 0 N–H and O–H groups in total. The Morgan fingerprint density at radius 3 is 1.97 bits per heavy atom. The van der Waals surface area contributed by atoms with Gasteiger partial charge in [0.25, 0.3) is 0 Å². The second-order valence-corrected chi connectivity index (χ2v) is 10.3. The van der Waals surface area contributed by atoms with Crippen molar-refractivity contribution in [3.63, 3.8) is 0 Å². The SMILES string of the molecule is CC(=O)c1ccc(S(=O)(=O)N2CCC(C(=O)N3CCN(c4ccccc4)CC3)CC2)cc1. The first-order valence-corrected chi connectivity index (χ1v) is 12.5. The highest BCUT2D eigenvalue weighted by Gasteiger charge is 2.34. The largest absolute Gasteiger partial charge is 0.368 e. The highest BCUT2D eigenvalue weighted by atomic mass is 32.2. The molecule has 0 bridgehead atoms. The Labute approximate surface area is 189 Å². The minimum Gasteiger partial charge on any atom is -0.368 e. The number of sulfonamides is 1. The maximum absolute atomic E-state index is 13.0. The quantitative estimate of drug-likeness (QED) is 0.648. The lowest BCUT2D eigenvalue weighted by molar-refractivity contribution is -0.137. The summed E-state index contributed by atoms with van der Waals surface area (Å²) in [4.78, 5) is 28.9. The molecule has 8 heteroatoms. The van der Waals surface area contributed by atoms with Crippen LogP contribution >= 0.6 is 0 Å². The number of piperidine rings is 1. The average Bonchev–Trinajstić information content (AvgIpc) is 2.84. The van der Waals surface area contributed by atoms with E-state index in [0.717, 1.165) is 13.1 Å². The summed E-state index contributed by atoms with van der Waals surface area (Å²) in [5, 5.41) is 0. The number of piperazine rings is 1. The molecular weight excluding hydrogens is 426 g/mol. The fourth-order valence-electron chi connectivity index (χ4n) is 4.44. The van der Waals surface area contributed by atoms with Crippen LogP contribution in [-0.2, 0) is 14.8 Å². The van der Waals surface area contributed by atoms with Gasteiger partial charge in [0, 0.05) is 56.4 Å². The number of ketones is 1. The van der Waals surface area contributed by atoms with Crippen LogP contribution in [0.2, 0.25) is 0 Å². The number of hydrogen-bond donors (Lipinski definition) is 0. The van der Waals surface area contributed by atoms with Crippen molar-refractivity contribution >= 4 is 27.4 Å². The van der Waals surface area contributed by atoms with E-state index in [0.29, 0.717) is 44.6 Å². The van der Waals surface area contributed by atoms with Gasteiger partial charge in [0.15, 0.2) is 5.78 Å². The molecule has 4 rings (SSSR count). The van der Waals surface area contributed by atoms with Gasteiger partial charge in [-0.3, -0.25) is 9.59 Å². The Morgan fingerprint density at radius 1 is 0.812 bits per heavy atom. The van der Waals surface area contributed by atoms with Gasteiger partial charge in [-0.15, -0.1) is 0 Å². The molecule has 0 atom stereocenters. The van der Waals surface area contributed by atoms with Gasteiger partial charge in [-0.05, 0) is 44.0 Å². The topological polar surface area (TPSA) is 78.0 Å². The first-order valence-electron chi connectivity index (χ1n) is 11.1. The second-order valence-electron chi connectivity index (χ2n) is 8.41. The van der Waals surface area contributed by atoms with Gasteiger partial charge < -0.3 is 9.80 Å². The summed E-state index contributed by atoms with van der Waals surface area (Å²) in [6, 6.07) is 16.3. The molecule has 170 valence electrons. The Bertz CT molecular complexity index is 1050. The van der Waals surface area contributed by atoms with Gasteiger partial charge >= 0.3 is 0 Å². The predicted octanol–water partition coefficient (Wildman–Crippen LogP) is 2.64. The van der Waals surface area contributed by atoms with Crippen LogP contribution in [0.4, 0.5) is 5.69 Å². The first kappa shape index (κ1) is 22.5. The summed E-state index contributed by atoms with van der Waals surface area (Å²) in [7, 11) is -3.63. The van der Waals surface area contributed by atoms with Gasteiger partial charge in [-0.1, -0.05) is 30.3 Å². The van der Waals surface area contributed by atoms with E-state index in [4.69, 9.17) is 0 Å². The van der Waals surface area contributed by atoms with Crippen LogP contribution in [0.5, 0.6) is 0 Å². The van der Waals surface area contributed by atoms with Crippen LogP contribution in [-0.4, -0.2) is 68.6 Å². The van der Waals surface area contributed by atoms with Crippen LogP contribution < -0.4 is 4.90 Å². The van der Waals surface area contributed by atoms with Crippen molar-refractivity contribution in [3.05, 3.63) is 60.2 Å². The standard InChI is InChI=1S/C24H29N3O4S/c1-19(28)20-7-9-23(10-8-20)32(30,31)27-13-11-21(12-14-27)24(29)26-17-15-25(16-18-26)22-5-3-2-4-6-22/h2-10,21H,11-18H2,1H3. The summed E-state index contributed by atoms with van der Waals surface area (Å²) in [6.07, 6.45) is 1.06. The Balaban J connectivity index is 1.31. The molecule has 7 nitrogen and oxygen atoms in total.